The van der Waals surface area contributed by atoms with Crippen LogP contribution in [0.5, 0.6) is 5.19 Å². The van der Waals surface area contributed by atoms with Crippen molar-refractivity contribution in [2.45, 2.75) is 5.16 Å². The number of ether oxygens (including phenoxy) is 1. The Morgan fingerprint density at radius 3 is 3.07 bits per heavy atom. The number of aliphatic hydroxyl groups is 1. The summed E-state index contributed by atoms with van der Waals surface area (Å²) in [6.07, 6.45) is 4.38. The van der Waals surface area contributed by atoms with Crippen LogP contribution in [-0.4, -0.2) is 27.3 Å². The van der Waals surface area contributed by atoms with Crippen molar-refractivity contribution in [2.75, 3.05) is 12.9 Å². The van der Waals surface area contributed by atoms with Crippen molar-refractivity contribution in [2.24, 2.45) is 0 Å². The zero-order valence-corrected chi connectivity index (χ0v) is 9.27. The predicted octanol–water partition coefficient (Wildman–Crippen LogP) is 2.27. The van der Waals surface area contributed by atoms with Gasteiger partial charge in [-0.1, -0.05) is 24.4 Å². The zero-order chi connectivity index (χ0) is 10.4. The maximum Gasteiger partial charge on any atom is 0.294 e. The Hall–Kier alpha value is -1.01. The highest BCUT2D eigenvalue weighted by molar-refractivity contribution is 7.98. The van der Waals surface area contributed by atoms with E-state index in [1.165, 1.54) is 29.4 Å². The lowest BCUT2D eigenvalue weighted by atomic mass is 10.3. The Morgan fingerprint density at radius 1 is 1.79 bits per heavy atom. The second-order valence-corrected chi connectivity index (χ2v) is 3.73. The molecule has 0 aliphatic rings. The first-order valence-corrected chi connectivity index (χ1v) is 5.76. The van der Waals surface area contributed by atoms with Crippen LogP contribution in [-0.2, 0) is 0 Å². The molecule has 76 valence electrons. The summed E-state index contributed by atoms with van der Waals surface area (Å²) in [5.74, 6) is 0. The molecule has 6 heteroatoms. The summed E-state index contributed by atoms with van der Waals surface area (Å²) in [5.41, 5.74) is 0.603. The Morgan fingerprint density at radius 2 is 2.57 bits per heavy atom. The largest absolute Gasteiger partial charge is 0.515 e. The van der Waals surface area contributed by atoms with E-state index >= 15 is 0 Å². The molecule has 0 saturated carbocycles. The fraction of sp³-hybridized carbons (Fsp3) is 0.250. The summed E-state index contributed by atoms with van der Waals surface area (Å²) in [4.78, 5) is 4.07. The van der Waals surface area contributed by atoms with E-state index in [2.05, 4.69) is 15.9 Å². The average molecular weight is 230 g/mol. The molecule has 0 saturated heterocycles. The molecule has 4 nitrogen and oxygen atoms in total. The standard InChI is InChI=1S/C8H10N2O2S2/c1-3-6(4-11)5-12-8-9-7(13-2)10-14-8/h3-4,11H,1,5H2,2H3/b6-4+. The minimum absolute atomic E-state index is 0.253. The molecule has 0 aliphatic carbocycles. The fourth-order valence-corrected chi connectivity index (χ4v) is 1.71. The second-order valence-electron chi connectivity index (χ2n) is 2.24. The molecule has 0 aliphatic heterocycles. The highest BCUT2D eigenvalue weighted by atomic mass is 32.2. The summed E-state index contributed by atoms with van der Waals surface area (Å²) in [6.45, 7) is 3.77. The average Bonchev–Trinajstić information content (AvgIpc) is 2.67. The van der Waals surface area contributed by atoms with E-state index in [1.54, 1.807) is 0 Å². The van der Waals surface area contributed by atoms with Gasteiger partial charge in [0.2, 0.25) is 5.16 Å². The fourth-order valence-electron chi connectivity index (χ4n) is 0.633. The molecule has 0 radical (unpaired) electrons. The number of hydrogen-bond donors (Lipinski definition) is 1. The topological polar surface area (TPSA) is 55.2 Å². The van der Waals surface area contributed by atoms with Gasteiger partial charge in [0, 0.05) is 17.1 Å². The van der Waals surface area contributed by atoms with Gasteiger partial charge in [0.05, 0.1) is 6.26 Å². The van der Waals surface area contributed by atoms with Crippen molar-refractivity contribution in [3.8, 4) is 5.19 Å². The smallest absolute Gasteiger partial charge is 0.294 e. The molecule has 1 rings (SSSR count). The maximum absolute atomic E-state index is 8.71. The molecule has 0 spiro atoms. The highest BCUT2D eigenvalue weighted by Gasteiger charge is 2.03. The Balaban J connectivity index is 2.49. The first kappa shape index (κ1) is 11.1. The molecule has 1 heterocycles. The van der Waals surface area contributed by atoms with E-state index in [4.69, 9.17) is 9.84 Å². The number of hydrogen-bond acceptors (Lipinski definition) is 6. The van der Waals surface area contributed by atoms with Gasteiger partial charge in [0.1, 0.15) is 6.61 Å². The lowest BCUT2D eigenvalue weighted by molar-refractivity contribution is 0.344. The minimum Gasteiger partial charge on any atom is -0.515 e. The summed E-state index contributed by atoms with van der Waals surface area (Å²) in [7, 11) is 0. The van der Waals surface area contributed by atoms with E-state index in [1.807, 2.05) is 6.26 Å². The van der Waals surface area contributed by atoms with Crippen LogP contribution in [0, 0.1) is 0 Å². The van der Waals surface area contributed by atoms with Crippen molar-refractivity contribution in [3.63, 3.8) is 0 Å². The van der Waals surface area contributed by atoms with Crippen LogP contribution in [0.2, 0.25) is 0 Å². The highest BCUT2D eigenvalue weighted by Crippen LogP contribution is 2.20. The SMILES string of the molecule is C=C/C(=C\O)COc1nc(SC)ns1. The van der Waals surface area contributed by atoms with Crippen LogP contribution in [0.1, 0.15) is 0 Å². The molecule has 0 unspecified atom stereocenters. The van der Waals surface area contributed by atoms with Gasteiger partial charge >= 0.3 is 0 Å². The lowest BCUT2D eigenvalue weighted by Gasteiger charge is -1.99. The summed E-state index contributed by atoms with van der Waals surface area (Å²) >= 11 is 2.65. The molecular formula is C8H10N2O2S2. The van der Waals surface area contributed by atoms with Crippen LogP contribution in [0.3, 0.4) is 0 Å². The molecule has 0 fully saturated rings. The third-order valence-electron chi connectivity index (χ3n) is 1.36. The molecule has 0 bridgehead atoms. The van der Waals surface area contributed by atoms with E-state index < -0.39 is 0 Å². The molecule has 1 aromatic rings. The van der Waals surface area contributed by atoms with E-state index in [0.717, 1.165) is 6.26 Å². The Kier molecular flexibility index (Phi) is 4.48. The van der Waals surface area contributed by atoms with E-state index in [0.29, 0.717) is 15.9 Å². The Labute approximate surface area is 90.5 Å². The van der Waals surface area contributed by atoms with Crippen LogP contribution in [0.15, 0.2) is 29.6 Å². The summed E-state index contributed by atoms with van der Waals surface area (Å²) in [6, 6.07) is 0. The monoisotopic (exact) mass is 230 g/mol. The van der Waals surface area contributed by atoms with Gasteiger partial charge in [0.25, 0.3) is 5.19 Å². The molecule has 0 amide bonds. The number of thioether (sulfide) groups is 1. The normalized spacial score (nSPS) is 11.4. The first-order valence-electron chi connectivity index (χ1n) is 3.76. The van der Waals surface area contributed by atoms with E-state index in [9.17, 15) is 0 Å². The van der Waals surface area contributed by atoms with Gasteiger partial charge in [-0.15, -0.1) is 0 Å². The van der Waals surface area contributed by atoms with Crippen molar-refractivity contribution < 1.29 is 9.84 Å². The van der Waals surface area contributed by atoms with Crippen molar-refractivity contribution in [1.29, 1.82) is 0 Å². The molecular weight excluding hydrogens is 220 g/mol. The van der Waals surface area contributed by atoms with Gasteiger partial charge in [-0.05, 0) is 6.26 Å². The maximum atomic E-state index is 8.71. The third kappa shape index (κ3) is 3.04. The van der Waals surface area contributed by atoms with Gasteiger partial charge in [-0.3, -0.25) is 0 Å². The zero-order valence-electron chi connectivity index (χ0n) is 7.64. The van der Waals surface area contributed by atoms with Crippen LogP contribution >= 0.6 is 23.3 Å². The molecule has 1 aromatic heterocycles. The molecule has 0 aromatic carbocycles. The predicted molar refractivity (Wildman–Crippen MR) is 58.1 cm³/mol. The van der Waals surface area contributed by atoms with Crippen LogP contribution in [0.4, 0.5) is 0 Å². The summed E-state index contributed by atoms with van der Waals surface area (Å²) in [5, 5.41) is 9.89. The van der Waals surface area contributed by atoms with Gasteiger partial charge in [-0.2, -0.15) is 9.36 Å². The number of rotatable bonds is 5. The number of aliphatic hydroxyl groups excluding tert-OH is 1. The van der Waals surface area contributed by atoms with Gasteiger partial charge < -0.3 is 9.84 Å². The molecule has 0 atom stereocenters. The number of nitrogens with zero attached hydrogens (tertiary/aromatic N) is 2. The van der Waals surface area contributed by atoms with Crippen LogP contribution < -0.4 is 4.74 Å². The Bertz CT molecular complexity index is 336. The van der Waals surface area contributed by atoms with Crippen molar-refractivity contribution in [3.05, 3.63) is 24.5 Å². The van der Waals surface area contributed by atoms with Crippen LogP contribution in [0.25, 0.3) is 0 Å². The lowest BCUT2D eigenvalue weighted by Crippen LogP contribution is -1.98. The summed E-state index contributed by atoms with van der Waals surface area (Å²) < 4.78 is 9.29. The van der Waals surface area contributed by atoms with Gasteiger partial charge in [0.15, 0.2) is 0 Å². The van der Waals surface area contributed by atoms with Crippen molar-refractivity contribution >= 4 is 23.3 Å². The molecule has 14 heavy (non-hydrogen) atoms. The quantitative estimate of drug-likeness (QED) is 0.477. The van der Waals surface area contributed by atoms with E-state index in [-0.39, 0.29) is 6.61 Å². The van der Waals surface area contributed by atoms with Crippen molar-refractivity contribution in [1.82, 2.24) is 9.36 Å². The van der Waals surface area contributed by atoms with Gasteiger partial charge in [-0.25, -0.2) is 0 Å². The minimum atomic E-state index is 0.253. The molecule has 1 N–H and O–H groups in total. The first-order chi connectivity index (χ1) is 6.80. The number of aromatic nitrogens is 2. The second kappa shape index (κ2) is 5.66. The third-order valence-corrected chi connectivity index (χ3v) is 2.65.